The molecule has 0 radical (unpaired) electrons. The number of rotatable bonds is 9. The summed E-state index contributed by atoms with van der Waals surface area (Å²) in [7, 11) is 0. The summed E-state index contributed by atoms with van der Waals surface area (Å²) in [5.74, 6) is -0.123. The average Bonchev–Trinajstić information content (AvgIpc) is 3.27. The van der Waals surface area contributed by atoms with Crippen LogP contribution in [0.3, 0.4) is 0 Å². The Labute approximate surface area is 232 Å². The number of tetrazole rings is 1. The lowest BCUT2D eigenvalue weighted by Gasteiger charge is -2.27. The van der Waals surface area contributed by atoms with Crippen molar-refractivity contribution in [2.45, 2.75) is 51.5 Å². The molecule has 0 bridgehead atoms. The van der Waals surface area contributed by atoms with Crippen LogP contribution >= 0.6 is 11.6 Å². The number of benzene rings is 2. The molecule has 2 N–H and O–H groups in total. The minimum Gasteiger partial charge on any atom is -0.485 e. The van der Waals surface area contributed by atoms with E-state index in [2.05, 4.69) is 25.9 Å². The Morgan fingerprint density at radius 3 is 2.85 bits per heavy atom. The van der Waals surface area contributed by atoms with Gasteiger partial charge in [0.05, 0.1) is 10.5 Å². The Morgan fingerprint density at radius 1 is 1.23 bits per heavy atom. The number of nitrogens with one attached hydrogen (secondary N) is 2. The van der Waals surface area contributed by atoms with Gasteiger partial charge in [0.15, 0.2) is 12.4 Å². The molecule has 0 spiro atoms. The molecule has 4 aromatic rings. The summed E-state index contributed by atoms with van der Waals surface area (Å²) in [5.41, 5.74) is 1.40. The summed E-state index contributed by atoms with van der Waals surface area (Å²) < 4.78 is 21.8. The molecule has 3 atom stereocenters. The number of carbonyl (C=O) groups is 3. The maximum Gasteiger partial charge on any atom is 0.243 e. The molecule has 1 saturated carbocycles. The number of piperidine rings is 1. The molecule has 40 heavy (non-hydrogen) atoms. The monoisotopic (exact) mass is 565 g/mol. The zero-order valence-corrected chi connectivity index (χ0v) is 22.2. The minimum absolute atomic E-state index is 0.00545. The molecular formula is C27H25ClFN7O4. The maximum absolute atomic E-state index is 14.3. The number of carbonyl (C=O) groups excluding carboxylic acids is 3. The third kappa shape index (κ3) is 4.90. The molecule has 1 aliphatic carbocycles. The number of amides is 2. The van der Waals surface area contributed by atoms with Crippen LogP contribution < -0.4 is 10.1 Å². The average molecular weight is 566 g/mol. The normalized spacial score (nSPS) is 19.5. The molecule has 206 valence electrons. The van der Waals surface area contributed by atoms with Crippen LogP contribution in [0.25, 0.3) is 10.9 Å². The van der Waals surface area contributed by atoms with E-state index in [-0.39, 0.29) is 59.8 Å². The standard InChI is InChI=1S/C27H25ClFN7O4/c1-14(37)19-11-35(22-9-17(5-6-18(19)22)40-13-24-31-33-34-32-24)12-25(38)36-21-7-16(21)8-23(36)27(39)30-10-15-3-2-4-20(28)26(15)29/h2-6,9,11,16,21,23H,7-8,10,12-13H2,1H3,(H,30,39)(H,31,32,33,34)/t16?,21-,23+/m1/s1. The quantitative estimate of drug-likeness (QED) is 0.298. The highest BCUT2D eigenvalue weighted by Crippen LogP contribution is 2.48. The van der Waals surface area contributed by atoms with Gasteiger partial charge in [0, 0.05) is 41.4 Å². The number of hydrogen-bond donors (Lipinski definition) is 2. The van der Waals surface area contributed by atoms with E-state index in [0.717, 1.165) is 6.42 Å². The Kier molecular flexibility index (Phi) is 6.70. The molecule has 2 fully saturated rings. The number of likely N-dealkylation sites (tertiary alicyclic amines) is 1. The van der Waals surface area contributed by atoms with Gasteiger partial charge in [-0.3, -0.25) is 14.4 Å². The molecule has 1 aliphatic heterocycles. The number of fused-ring (bicyclic) bond motifs is 2. The molecule has 13 heteroatoms. The van der Waals surface area contributed by atoms with E-state index in [4.69, 9.17) is 16.3 Å². The van der Waals surface area contributed by atoms with Crippen LogP contribution in [0.15, 0.2) is 42.6 Å². The first-order chi connectivity index (χ1) is 19.3. The van der Waals surface area contributed by atoms with Crippen LogP contribution in [0.1, 0.15) is 41.5 Å². The molecule has 1 saturated heterocycles. The van der Waals surface area contributed by atoms with Gasteiger partial charge in [-0.25, -0.2) is 4.39 Å². The zero-order valence-electron chi connectivity index (χ0n) is 21.4. The molecule has 11 nitrogen and oxygen atoms in total. The summed E-state index contributed by atoms with van der Waals surface area (Å²) in [6.07, 6.45) is 3.06. The maximum atomic E-state index is 14.3. The van der Waals surface area contributed by atoms with E-state index in [1.165, 1.54) is 13.0 Å². The van der Waals surface area contributed by atoms with Gasteiger partial charge in [0.2, 0.25) is 17.6 Å². The second-order valence-corrected chi connectivity index (χ2v) is 10.5. The van der Waals surface area contributed by atoms with Gasteiger partial charge in [0.25, 0.3) is 0 Å². The number of H-pyrrole nitrogens is 1. The van der Waals surface area contributed by atoms with E-state index in [1.807, 2.05) is 0 Å². The van der Waals surface area contributed by atoms with Crippen molar-refractivity contribution >= 4 is 40.1 Å². The van der Waals surface area contributed by atoms with E-state index < -0.39 is 11.9 Å². The fourth-order valence-electron chi connectivity index (χ4n) is 5.43. The Balaban J connectivity index is 1.20. The van der Waals surface area contributed by atoms with Gasteiger partial charge in [-0.1, -0.05) is 28.9 Å². The smallest absolute Gasteiger partial charge is 0.243 e. The first kappa shape index (κ1) is 25.9. The Morgan fingerprint density at radius 2 is 2.08 bits per heavy atom. The highest BCUT2D eigenvalue weighted by Gasteiger charge is 2.55. The number of Topliss-reactive ketones (excluding diaryl/α,β-unsaturated/α-hetero) is 1. The van der Waals surface area contributed by atoms with E-state index in [1.54, 1.807) is 46.0 Å². The van der Waals surface area contributed by atoms with Gasteiger partial charge in [-0.2, -0.15) is 5.21 Å². The van der Waals surface area contributed by atoms with Gasteiger partial charge >= 0.3 is 0 Å². The summed E-state index contributed by atoms with van der Waals surface area (Å²) in [4.78, 5) is 40.8. The molecule has 2 aliphatic rings. The van der Waals surface area contributed by atoms with Crippen molar-refractivity contribution in [2.75, 3.05) is 0 Å². The van der Waals surface area contributed by atoms with Gasteiger partial charge in [0.1, 0.15) is 24.2 Å². The molecule has 3 heterocycles. The molecule has 2 aromatic carbocycles. The fraction of sp³-hybridized carbons (Fsp3) is 0.333. The lowest BCUT2D eigenvalue weighted by Crippen LogP contribution is -2.48. The van der Waals surface area contributed by atoms with Crippen molar-refractivity contribution in [3.05, 3.63) is 70.4 Å². The number of aromatic amines is 1. The molecule has 1 unspecified atom stereocenters. The van der Waals surface area contributed by atoms with Crippen molar-refractivity contribution in [3.63, 3.8) is 0 Å². The SMILES string of the molecule is CC(=O)c1cn(CC(=O)N2[C@@H]3CC3C[C@H]2C(=O)NCc2cccc(Cl)c2F)c2cc(OCc3nn[nH]n3)ccc12. The van der Waals surface area contributed by atoms with E-state index in [9.17, 15) is 18.8 Å². The van der Waals surface area contributed by atoms with Crippen molar-refractivity contribution in [3.8, 4) is 5.75 Å². The summed E-state index contributed by atoms with van der Waals surface area (Å²) in [6, 6.07) is 9.22. The van der Waals surface area contributed by atoms with Gasteiger partial charge in [-0.05, 0) is 43.9 Å². The van der Waals surface area contributed by atoms with Crippen molar-refractivity contribution < 1.29 is 23.5 Å². The van der Waals surface area contributed by atoms with Gasteiger partial charge in [-0.15, -0.1) is 10.2 Å². The van der Waals surface area contributed by atoms with Crippen molar-refractivity contribution in [1.82, 2.24) is 35.4 Å². The predicted octanol–water partition coefficient (Wildman–Crippen LogP) is 3.03. The number of hydrogen-bond acceptors (Lipinski definition) is 7. The molecule has 2 amide bonds. The highest BCUT2D eigenvalue weighted by atomic mass is 35.5. The van der Waals surface area contributed by atoms with E-state index >= 15 is 0 Å². The second-order valence-electron chi connectivity index (χ2n) is 10.1. The van der Waals surface area contributed by atoms with Crippen LogP contribution in [0.5, 0.6) is 5.75 Å². The largest absolute Gasteiger partial charge is 0.485 e. The topological polar surface area (TPSA) is 135 Å². The zero-order chi connectivity index (χ0) is 28.0. The number of ketones is 1. The first-order valence-corrected chi connectivity index (χ1v) is 13.2. The summed E-state index contributed by atoms with van der Waals surface area (Å²) in [6.45, 7) is 1.47. The Bertz CT molecular complexity index is 1620. The van der Waals surface area contributed by atoms with E-state index in [0.29, 0.717) is 34.5 Å². The predicted molar refractivity (Wildman–Crippen MR) is 141 cm³/mol. The molecular weight excluding hydrogens is 541 g/mol. The van der Waals surface area contributed by atoms with Crippen LogP contribution in [0.2, 0.25) is 5.02 Å². The highest BCUT2D eigenvalue weighted by molar-refractivity contribution is 6.30. The van der Waals surface area contributed by atoms with Gasteiger partial charge < -0.3 is 19.5 Å². The Hall–Kier alpha value is -4.32. The summed E-state index contributed by atoms with van der Waals surface area (Å²) >= 11 is 5.86. The van der Waals surface area contributed by atoms with Crippen LogP contribution in [0.4, 0.5) is 4.39 Å². The first-order valence-electron chi connectivity index (χ1n) is 12.8. The number of aromatic nitrogens is 5. The number of halogens is 2. The fourth-order valence-corrected chi connectivity index (χ4v) is 5.62. The van der Waals surface area contributed by atoms with Crippen LogP contribution in [-0.2, 0) is 29.3 Å². The van der Waals surface area contributed by atoms with Crippen LogP contribution in [0, 0.1) is 11.7 Å². The second kappa shape index (κ2) is 10.3. The minimum atomic E-state index is -0.651. The lowest BCUT2D eigenvalue weighted by atomic mass is 10.1. The van der Waals surface area contributed by atoms with Crippen LogP contribution in [-0.4, -0.2) is 59.8 Å². The summed E-state index contributed by atoms with van der Waals surface area (Å²) in [5, 5.41) is 17.0. The van der Waals surface area contributed by atoms with Crippen molar-refractivity contribution in [1.29, 1.82) is 0 Å². The number of nitrogens with zero attached hydrogens (tertiary/aromatic N) is 5. The molecule has 2 aromatic heterocycles. The lowest BCUT2D eigenvalue weighted by molar-refractivity contribution is -0.140. The third-order valence-corrected chi connectivity index (χ3v) is 7.77. The number of ether oxygens (including phenoxy) is 1. The van der Waals surface area contributed by atoms with Crippen molar-refractivity contribution in [2.24, 2.45) is 5.92 Å². The third-order valence-electron chi connectivity index (χ3n) is 7.48. The molecule has 6 rings (SSSR count).